The first-order valence-electron chi connectivity index (χ1n) is 11.5. The van der Waals surface area contributed by atoms with E-state index in [2.05, 4.69) is 11.4 Å². The number of fused-ring (bicyclic) bond motifs is 1. The van der Waals surface area contributed by atoms with Gasteiger partial charge in [0.15, 0.2) is 0 Å². The van der Waals surface area contributed by atoms with Gasteiger partial charge in [0.1, 0.15) is 0 Å². The van der Waals surface area contributed by atoms with Gasteiger partial charge in [-0.1, -0.05) is 67.4 Å². The van der Waals surface area contributed by atoms with Crippen molar-refractivity contribution in [2.75, 3.05) is 13.1 Å². The van der Waals surface area contributed by atoms with E-state index in [9.17, 15) is 19.5 Å². The predicted octanol–water partition coefficient (Wildman–Crippen LogP) is 3.36. The fourth-order valence-corrected chi connectivity index (χ4v) is 5.12. The number of carbonyl (C=O) groups is 3. The van der Waals surface area contributed by atoms with E-state index < -0.39 is 17.8 Å². The Labute approximate surface area is 188 Å². The number of rotatable bonds is 6. The van der Waals surface area contributed by atoms with Crippen molar-refractivity contribution in [3.8, 4) is 0 Å². The highest BCUT2D eigenvalue weighted by Crippen LogP contribution is 2.36. The number of carboxylic acids is 1. The van der Waals surface area contributed by atoms with Crippen LogP contribution < -0.4 is 5.32 Å². The maximum Gasteiger partial charge on any atom is 0.307 e. The Bertz CT molecular complexity index is 975. The highest BCUT2D eigenvalue weighted by atomic mass is 16.4. The van der Waals surface area contributed by atoms with Crippen LogP contribution in [0.1, 0.15) is 48.4 Å². The van der Waals surface area contributed by atoms with Crippen LogP contribution in [0.15, 0.2) is 54.6 Å². The lowest BCUT2D eigenvalue weighted by atomic mass is 9.77. The zero-order valence-corrected chi connectivity index (χ0v) is 18.2. The number of benzene rings is 2. The summed E-state index contributed by atoms with van der Waals surface area (Å²) >= 11 is 0. The van der Waals surface area contributed by atoms with E-state index >= 15 is 0 Å². The molecule has 1 saturated carbocycles. The molecule has 2 aliphatic rings. The van der Waals surface area contributed by atoms with Gasteiger partial charge in [-0.05, 0) is 36.0 Å². The van der Waals surface area contributed by atoms with Gasteiger partial charge in [-0.15, -0.1) is 0 Å². The van der Waals surface area contributed by atoms with E-state index in [1.165, 1.54) is 5.56 Å². The Hall–Kier alpha value is -3.15. The van der Waals surface area contributed by atoms with E-state index in [-0.39, 0.29) is 24.3 Å². The van der Waals surface area contributed by atoms with E-state index in [0.29, 0.717) is 25.9 Å². The van der Waals surface area contributed by atoms with Gasteiger partial charge in [0, 0.05) is 13.1 Å². The smallest absolute Gasteiger partial charge is 0.307 e. The Balaban J connectivity index is 1.52. The largest absolute Gasteiger partial charge is 0.481 e. The minimum Gasteiger partial charge on any atom is -0.481 e. The van der Waals surface area contributed by atoms with Crippen molar-refractivity contribution >= 4 is 17.8 Å². The maximum atomic E-state index is 13.6. The lowest BCUT2D eigenvalue weighted by molar-refractivity contribution is -0.153. The average molecular weight is 435 g/mol. The third-order valence-corrected chi connectivity index (χ3v) is 6.80. The van der Waals surface area contributed by atoms with Crippen LogP contribution in [0.25, 0.3) is 0 Å². The van der Waals surface area contributed by atoms with Gasteiger partial charge in [-0.25, -0.2) is 0 Å². The Kier molecular flexibility index (Phi) is 6.88. The third-order valence-electron chi connectivity index (χ3n) is 6.80. The maximum absolute atomic E-state index is 13.6. The molecule has 6 nitrogen and oxygen atoms in total. The molecule has 2 N–H and O–H groups in total. The summed E-state index contributed by atoms with van der Waals surface area (Å²) in [6.45, 7) is 0.858. The topological polar surface area (TPSA) is 86.7 Å². The number of carboxylic acid groups (broad SMARTS) is 1. The molecule has 0 spiro atoms. The van der Waals surface area contributed by atoms with Crippen molar-refractivity contribution in [2.45, 2.75) is 44.6 Å². The van der Waals surface area contributed by atoms with E-state index in [4.69, 9.17) is 0 Å². The summed E-state index contributed by atoms with van der Waals surface area (Å²) in [5.41, 5.74) is 3.15. The molecule has 1 aliphatic heterocycles. The van der Waals surface area contributed by atoms with Gasteiger partial charge in [0.25, 0.3) is 0 Å². The summed E-state index contributed by atoms with van der Waals surface area (Å²) in [5.74, 6) is -2.18. The molecule has 32 heavy (non-hydrogen) atoms. The van der Waals surface area contributed by atoms with E-state index in [1.54, 1.807) is 0 Å². The first kappa shape index (κ1) is 22.1. The molecule has 1 unspecified atom stereocenters. The number of amides is 2. The van der Waals surface area contributed by atoms with Gasteiger partial charge < -0.3 is 15.3 Å². The first-order valence-corrected chi connectivity index (χ1v) is 11.5. The molecule has 0 radical (unpaired) electrons. The molecule has 2 aromatic rings. The summed E-state index contributed by atoms with van der Waals surface area (Å²) in [7, 11) is 0. The van der Waals surface area contributed by atoms with Crippen molar-refractivity contribution in [1.29, 1.82) is 0 Å². The van der Waals surface area contributed by atoms with Crippen molar-refractivity contribution in [3.05, 3.63) is 71.3 Å². The fourth-order valence-electron chi connectivity index (χ4n) is 5.12. The molecule has 4 rings (SSSR count). The van der Waals surface area contributed by atoms with Gasteiger partial charge in [0.2, 0.25) is 11.8 Å². The predicted molar refractivity (Wildman–Crippen MR) is 121 cm³/mol. The van der Waals surface area contributed by atoms with Crippen LogP contribution in [0, 0.1) is 11.8 Å². The molecular formula is C26H30N2O4. The zero-order valence-electron chi connectivity index (χ0n) is 18.2. The Morgan fingerprint density at radius 3 is 2.38 bits per heavy atom. The molecule has 3 atom stereocenters. The van der Waals surface area contributed by atoms with E-state index in [1.807, 2.05) is 53.4 Å². The summed E-state index contributed by atoms with van der Waals surface area (Å²) < 4.78 is 0. The Morgan fingerprint density at radius 2 is 1.62 bits per heavy atom. The second-order valence-electron chi connectivity index (χ2n) is 8.80. The number of aliphatic carboxylic acids is 1. The first-order chi connectivity index (χ1) is 15.5. The molecule has 2 amide bonds. The highest BCUT2D eigenvalue weighted by Gasteiger charge is 2.41. The molecular weight excluding hydrogens is 404 g/mol. The van der Waals surface area contributed by atoms with Crippen LogP contribution in [0.4, 0.5) is 0 Å². The molecule has 2 aromatic carbocycles. The monoisotopic (exact) mass is 434 g/mol. The van der Waals surface area contributed by atoms with Crippen molar-refractivity contribution < 1.29 is 19.5 Å². The van der Waals surface area contributed by atoms with Gasteiger partial charge in [-0.2, -0.15) is 0 Å². The number of carbonyl (C=O) groups excluding carboxylic acids is 2. The second kappa shape index (κ2) is 9.98. The van der Waals surface area contributed by atoms with Gasteiger partial charge in [-0.3, -0.25) is 14.4 Å². The number of hydrogen-bond acceptors (Lipinski definition) is 3. The summed E-state index contributed by atoms with van der Waals surface area (Å²) in [6, 6.07) is 17.3. The normalized spacial score (nSPS) is 22.6. The van der Waals surface area contributed by atoms with Crippen LogP contribution in [0.3, 0.4) is 0 Å². The lowest BCUT2D eigenvalue weighted by Gasteiger charge is -2.41. The summed E-state index contributed by atoms with van der Waals surface area (Å²) in [4.78, 5) is 39.8. The number of hydrogen-bond donors (Lipinski definition) is 2. The zero-order chi connectivity index (χ0) is 22.5. The quantitative estimate of drug-likeness (QED) is 0.730. The molecule has 168 valence electrons. The average Bonchev–Trinajstić information content (AvgIpc) is 2.82. The molecule has 1 fully saturated rings. The van der Waals surface area contributed by atoms with Crippen LogP contribution >= 0.6 is 0 Å². The fraction of sp³-hybridized carbons (Fsp3) is 0.423. The standard InChI is InChI=1S/C26H30N2O4/c29-24(16-18-8-2-1-3-9-18)27-17-23-20-11-5-4-10-19(20)14-15-28(23)25(30)21-12-6-7-13-22(21)26(31)32/h1-5,8-11,21-23H,6-7,12-17H2,(H,27,29)(H,31,32)/t21-,22+,23?/m1/s1. The molecule has 0 bridgehead atoms. The van der Waals surface area contributed by atoms with Crippen LogP contribution in [0.2, 0.25) is 0 Å². The molecule has 1 aliphatic carbocycles. The van der Waals surface area contributed by atoms with Gasteiger partial charge in [0.05, 0.1) is 24.3 Å². The van der Waals surface area contributed by atoms with Crippen LogP contribution in [-0.2, 0) is 27.2 Å². The van der Waals surface area contributed by atoms with Crippen LogP contribution in [-0.4, -0.2) is 40.9 Å². The molecule has 0 aromatic heterocycles. The summed E-state index contributed by atoms with van der Waals surface area (Å²) in [6.07, 6.45) is 3.91. The lowest BCUT2D eigenvalue weighted by Crippen LogP contribution is -2.49. The minimum absolute atomic E-state index is 0.0890. The van der Waals surface area contributed by atoms with E-state index in [0.717, 1.165) is 30.4 Å². The minimum atomic E-state index is -0.881. The van der Waals surface area contributed by atoms with Crippen molar-refractivity contribution in [1.82, 2.24) is 10.2 Å². The number of nitrogens with one attached hydrogen (secondary N) is 1. The third kappa shape index (κ3) is 4.85. The van der Waals surface area contributed by atoms with Crippen molar-refractivity contribution in [2.24, 2.45) is 11.8 Å². The number of nitrogens with zero attached hydrogens (tertiary/aromatic N) is 1. The van der Waals surface area contributed by atoms with Crippen molar-refractivity contribution in [3.63, 3.8) is 0 Å². The molecule has 1 heterocycles. The molecule has 0 saturated heterocycles. The van der Waals surface area contributed by atoms with Gasteiger partial charge >= 0.3 is 5.97 Å². The molecule has 6 heteroatoms. The van der Waals surface area contributed by atoms with Crippen LogP contribution in [0.5, 0.6) is 0 Å². The highest BCUT2D eigenvalue weighted by molar-refractivity contribution is 5.85. The Morgan fingerprint density at radius 1 is 0.938 bits per heavy atom. The second-order valence-corrected chi connectivity index (χ2v) is 8.80. The SMILES string of the molecule is O=C(Cc1ccccc1)NCC1c2ccccc2CCN1C(=O)[C@@H]1CCCC[C@@H]1C(=O)O. The summed E-state index contributed by atoms with van der Waals surface area (Å²) in [5, 5.41) is 12.7.